The molecule has 24 heavy (non-hydrogen) atoms. The quantitative estimate of drug-likeness (QED) is 0.805. The molecular weight excluding hydrogens is 306 g/mol. The second kappa shape index (κ2) is 6.27. The molecule has 3 aliphatic rings. The Morgan fingerprint density at radius 1 is 1.42 bits per heavy atom. The smallest absolute Gasteiger partial charge is 0.270 e. The lowest BCUT2D eigenvalue weighted by Crippen LogP contribution is -2.57. The van der Waals surface area contributed by atoms with Crippen molar-refractivity contribution in [2.75, 3.05) is 26.2 Å². The first kappa shape index (κ1) is 15.2. The molecular formula is C18H19N3O3. The second-order valence-electron chi connectivity index (χ2n) is 6.40. The highest BCUT2D eigenvalue weighted by atomic mass is 16.3. The number of fused-ring (bicyclic) bond motifs is 4. The van der Waals surface area contributed by atoms with Crippen LogP contribution in [0.1, 0.15) is 29.1 Å². The van der Waals surface area contributed by atoms with Gasteiger partial charge in [0.05, 0.1) is 0 Å². The number of aliphatic hydroxyl groups is 1. The summed E-state index contributed by atoms with van der Waals surface area (Å²) in [6, 6.07) is 3.61. The van der Waals surface area contributed by atoms with Gasteiger partial charge in [0.2, 0.25) is 0 Å². The number of rotatable bonds is 2. The summed E-state index contributed by atoms with van der Waals surface area (Å²) in [7, 11) is 0. The molecule has 5 rings (SSSR count). The molecule has 1 atom stereocenters. The summed E-state index contributed by atoms with van der Waals surface area (Å²) in [6.07, 6.45) is 3.93. The predicted molar refractivity (Wildman–Crippen MR) is 88.4 cm³/mol. The third-order valence-corrected chi connectivity index (χ3v) is 4.90. The predicted octanol–water partition coefficient (Wildman–Crippen LogP) is 0.996. The maximum Gasteiger partial charge on any atom is 0.270 e. The normalized spacial score (nSPS) is 25.3. The molecule has 0 aromatic carbocycles. The summed E-state index contributed by atoms with van der Waals surface area (Å²) in [4.78, 5) is 19.2. The van der Waals surface area contributed by atoms with Crippen molar-refractivity contribution in [2.45, 2.75) is 18.9 Å². The second-order valence-corrected chi connectivity index (χ2v) is 6.40. The van der Waals surface area contributed by atoms with E-state index in [0.717, 1.165) is 37.9 Å². The van der Waals surface area contributed by atoms with Crippen molar-refractivity contribution >= 4 is 16.9 Å². The van der Waals surface area contributed by atoms with E-state index < -0.39 is 0 Å². The molecule has 124 valence electrons. The first-order valence-corrected chi connectivity index (χ1v) is 8.25. The van der Waals surface area contributed by atoms with Crippen LogP contribution in [-0.4, -0.2) is 53.2 Å². The average molecular weight is 325 g/mol. The Balaban J connectivity index is 1.51. The SMILES string of the molecule is O=C(N[C@H]1CN2CCC1CC2)c1cc2oc(C#CCO)cc2cn1. The van der Waals surface area contributed by atoms with Crippen molar-refractivity contribution in [3.8, 4) is 11.8 Å². The zero-order valence-corrected chi connectivity index (χ0v) is 13.3. The van der Waals surface area contributed by atoms with Gasteiger partial charge in [-0.15, -0.1) is 0 Å². The third-order valence-electron chi connectivity index (χ3n) is 4.90. The van der Waals surface area contributed by atoms with Gasteiger partial charge in [0.1, 0.15) is 17.9 Å². The maximum atomic E-state index is 12.5. The minimum Gasteiger partial charge on any atom is -0.448 e. The topological polar surface area (TPSA) is 78.6 Å². The van der Waals surface area contributed by atoms with Crippen LogP contribution >= 0.6 is 0 Å². The summed E-state index contributed by atoms with van der Waals surface area (Å²) in [6.45, 7) is 3.00. The molecule has 6 heteroatoms. The van der Waals surface area contributed by atoms with Gasteiger partial charge < -0.3 is 19.7 Å². The number of hydrogen-bond donors (Lipinski definition) is 2. The van der Waals surface area contributed by atoms with Gasteiger partial charge >= 0.3 is 0 Å². The van der Waals surface area contributed by atoms with Crippen LogP contribution in [0.4, 0.5) is 0 Å². The van der Waals surface area contributed by atoms with Crippen LogP contribution in [0.5, 0.6) is 0 Å². The van der Waals surface area contributed by atoms with Gasteiger partial charge in [-0.1, -0.05) is 5.92 Å². The summed E-state index contributed by atoms with van der Waals surface area (Å²) in [5, 5.41) is 12.7. The van der Waals surface area contributed by atoms with Crippen LogP contribution in [-0.2, 0) is 0 Å². The van der Waals surface area contributed by atoms with Gasteiger partial charge in [-0.2, -0.15) is 0 Å². The first-order valence-electron chi connectivity index (χ1n) is 8.25. The number of furan rings is 1. The monoisotopic (exact) mass is 325 g/mol. The van der Waals surface area contributed by atoms with Crippen molar-refractivity contribution in [1.29, 1.82) is 0 Å². The fraction of sp³-hybridized carbons (Fsp3) is 0.444. The molecule has 2 N–H and O–H groups in total. The number of piperidine rings is 3. The van der Waals surface area contributed by atoms with Crippen LogP contribution in [0.2, 0.25) is 0 Å². The molecule has 5 heterocycles. The van der Waals surface area contributed by atoms with E-state index in [4.69, 9.17) is 9.52 Å². The number of pyridine rings is 1. The fourth-order valence-corrected chi connectivity index (χ4v) is 3.62. The highest BCUT2D eigenvalue weighted by molar-refractivity contribution is 5.95. The standard InChI is InChI=1S/C18H19N3O3/c22-7-1-2-14-8-13-10-19-15(9-17(13)24-14)18(23)20-16-11-21-5-3-12(16)4-6-21/h8-10,12,16,22H,3-7,11H2,(H,20,23)/t16-/m0/s1. The molecule has 1 amide bonds. The number of nitrogens with zero attached hydrogens (tertiary/aromatic N) is 2. The average Bonchev–Trinajstić information content (AvgIpc) is 3.03. The summed E-state index contributed by atoms with van der Waals surface area (Å²) in [5.41, 5.74) is 0.932. The van der Waals surface area contributed by atoms with Gasteiger partial charge in [0.25, 0.3) is 5.91 Å². The maximum absolute atomic E-state index is 12.5. The van der Waals surface area contributed by atoms with Crippen LogP contribution in [0.15, 0.2) is 22.7 Å². The molecule has 0 radical (unpaired) electrons. The van der Waals surface area contributed by atoms with Crippen LogP contribution in [0.25, 0.3) is 11.0 Å². The molecule has 0 saturated carbocycles. The van der Waals surface area contributed by atoms with E-state index in [1.165, 1.54) is 0 Å². The Kier molecular flexibility index (Phi) is 3.97. The zero-order chi connectivity index (χ0) is 16.5. The lowest BCUT2D eigenvalue weighted by atomic mass is 9.84. The number of carbonyl (C=O) groups excluding carboxylic acids is 1. The Morgan fingerprint density at radius 2 is 2.25 bits per heavy atom. The number of nitrogens with one attached hydrogen (secondary N) is 1. The van der Waals surface area contributed by atoms with Gasteiger partial charge in [-0.3, -0.25) is 9.78 Å². The number of carbonyl (C=O) groups is 1. The van der Waals surface area contributed by atoms with E-state index in [2.05, 4.69) is 27.0 Å². The summed E-state index contributed by atoms with van der Waals surface area (Å²) in [5.74, 6) is 6.13. The van der Waals surface area contributed by atoms with Crippen molar-refractivity contribution in [3.63, 3.8) is 0 Å². The number of hydrogen-bond acceptors (Lipinski definition) is 5. The minimum absolute atomic E-state index is 0.157. The molecule has 0 aliphatic carbocycles. The third kappa shape index (κ3) is 2.88. The van der Waals surface area contributed by atoms with Crippen molar-refractivity contribution < 1.29 is 14.3 Å². The first-order chi connectivity index (χ1) is 11.7. The Hall–Kier alpha value is -2.36. The molecule has 6 nitrogen and oxygen atoms in total. The van der Waals surface area contributed by atoms with Gasteiger partial charge in [-0.05, 0) is 37.8 Å². The molecule has 2 aromatic heterocycles. The van der Waals surface area contributed by atoms with E-state index in [0.29, 0.717) is 23.0 Å². The van der Waals surface area contributed by atoms with Crippen molar-refractivity contribution in [1.82, 2.24) is 15.2 Å². The Labute approximate surface area is 139 Å². The highest BCUT2D eigenvalue weighted by Gasteiger charge is 2.35. The van der Waals surface area contributed by atoms with Crippen molar-refractivity contribution in [3.05, 3.63) is 29.8 Å². The summed E-state index contributed by atoms with van der Waals surface area (Å²) < 4.78 is 5.59. The van der Waals surface area contributed by atoms with Gasteiger partial charge in [0.15, 0.2) is 5.76 Å². The number of aliphatic hydroxyl groups excluding tert-OH is 1. The van der Waals surface area contributed by atoms with E-state index in [1.807, 2.05) is 0 Å². The minimum atomic E-state index is -0.220. The van der Waals surface area contributed by atoms with Crippen LogP contribution in [0, 0.1) is 17.8 Å². The molecule has 3 fully saturated rings. The molecule has 3 aliphatic heterocycles. The van der Waals surface area contributed by atoms with Crippen LogP contribution < -0.4 is 5.32 Å². The fourth-order valence-electron chi connectivity index (χ4n) is 3.62. The van der Waals surface area contributed by atoms with Gasteiger partial charge in [-0.25, -0.2) is 0 Å². The molecule has 2 aromatic rings. The van der Waals surface area contributed by atoms with Gasteiger partial charge in [0, 0.05) is 36.3 Å². The molecule has 3 saturated heterocycles. The Bertz CT molecular complexity index is 825. The molecule has 0 spiro atoms. The number of aromatic nitrogens is 1. The lowest BCUT2D eigenvalue weighted by molar-refractivity contribution is 0.0618. The van der Waals surface area contributed by atoms with Crippen molar-refractivity contribution in [2.24, 2.45) is 5.92 Å². The van der Waals surface area contributed by atoms with E-state index >= 15 is 0 Å². The Morgan fingerprint density at radius 3 is 2.96 bits per heavy atom. The number of amides is 1. The largest absolute Gasteiger partial charge is 0.448 e. The molecule has 2 bridgehead atoms. The van der Waals surface area contributed by atoms with E-state index in [1.54, 1.807) is 18.3 Å². The zero-order valence-electron chi connectivity index (χ0n) is 13.3. The van der Waals surface area contributed by atoms with E-state index in [9.17, 15) is 4.79 Å². The van der Waals surface area contributed by atoms with Crippen LogP contribution in [0.3, 0.4) is 0 Å². The highest BCUT2D eigenvalue weighted by Crippen LogP contribution is 2.27. The molecule has 0 unspecified atom stereocenters. The lowest BCUT2D eigenvalue weighted by Gasteiger charge is -2.44. The summed E-state index contributed by atoms with van der Waals surface area (Å²) >= 11 is 0. The van der Waals surface area contributed by atoms with E-state index in [-0.39, 0.29) is 18.6 Å².